The maximum atomic E-state index is 12.4. The lowest BCUT2D eigenvalue weighted by Crippen LogP contribution is -2.10. The van der Waals surface area contributed by atoms with E-state index in [1.165, 1.54) is 12.2 Å². The molecule has 1 aliphatic rings. The van der Waals surface area contributed by atoms with Crippen LogP contribution in [0.1, 0.15) is 26.2 Å². The van der Waals surface area contributed by atoms with Gasteiger partial charge in [0.15, 0.2) is 0 Å². The number of alkyl halides is 3. The average molecular weight is 202 g/mol. The molecule has 0 amide bonds. The molecule has 0 heterocycles. The van der Waals surface area contributed by atoms with Crippen molar-refractivity contribution >= 4 is 0 Å². The average Bonchev–Trinajstić information content (AvgIpc) is 2.15. The molecule has 1 rings (SSSR count). The second-order valence-electron chi connectivity index (χ2n) is 3.38. The van der Waals surface area contributed by atoms with Crippen LogP contribution in [-0.2, 0) is 0 Å². The molecule has 0 saturated heterocycles. The van der Waals surface area contributed by atoms with E-state index in [-0.39, 0.29) is 0 Å². The Morgan fingerprint density at radius 2 is 1.93 bits per heavy atom. The number of halogens is 3. The van der Waals surface area contributed by atoms with Gasteiger partial charge in [-0.3, -0.25) is 0 Å². The Labute approximate surface area is 81.8 Å². The van der Waals surface area contributed by atoms with E-state index < -0.39 is 11.7 Å². The Morgan fingerprint density at radius 3 is 2.57 bits per heavy atom. The highest BCUT2D eigenvalue weighted by atomic mass is 19.4. The van der Waals surface area contributed by atoms with Crippen molar-refractivity contribution in [2.75, 3.05) is 0 Å². The Kier molecular flexibility index (Phi) is 3.55. The van der Waals surface area contributed by atoms with Gasteiger partial charge in [0.2, 0.25) is 0 Å². The summed E-state index contributed by atoms with van der Waals surface area (Å²) >= 11 is 0. The van der Waals surface area contributed by atoms with Crippen molar-refractivity contribution < 1.29 is 13.2 Å². The largest absolute Gasteiger partial charge is 0.416 e. The van der Waals surface area contributed by atoms with E-state index in [4.69, 9.17) is 0 Å². The minimum atomic E-state index is -4.24. The fourth-order valence-electron chi connectivity index (χ4n) is 1.30. The monoisotopic (exact) mass is 202 g/mol. The highest BCUT2D eigenvalue weighted by Crippen LogP contribution is 2.28. The molecular weight excluding hydrogens is 189 g/mol. The molecule has 1 aliphatic carbocycles. The van der Waals surface area contributed by atoms with Crippen molar-refractivity contribution in [3.63, 3.8) is 0 Å². The molecule has 0 fully saturated rings. The molecule has 0 aromatic carbocycles. The molecular formula is C11H13F3. The lowest BCUT2D eigenvalue weighted by Gasteiger charge is -2.07. The molecule has 0 N–H and O–H groups in total. The van der Waals surface area contributed by atoms with Crippen LogP contribution in [0, 0.1) is 0 Å². The van der Waals surface area contributed by atoms with Gasteiger partial charge in [0.05, 0.1) is 5.57 Å². The van der Waals surface area contributed by atoms with E-state index in [0.717, 1.165) is 12.8 Å². The fourth-order valence-corrected chi connectivity index (χ4v) is 1.30. The summed E-state index contributed by atoms with van der Waals surface area (Å²) in [6, 6.07) is 0. The first-order valence-electron chi connectivity index (χ1n) is 4.62. The summed E-state index contributed by atoms with van der Waals surface area (Å²) in [5.41, 5.74) is 0.122. The third-order valence-corrected chi connectivity index (χ3v) is 2.05. The highest BCUT2D eigenvalue weighted by Gasteiger charge is 2.31. The van der Waals surface area contributed by atoms with Gasteiger partial charge in [0.1, 0.15) is 0 Å². The molecule has 0 nitrogen and oxygen atoms in total. The van der Waals surface area contributed by atoms with E-state index in [1.807, 2.05) is 6.08 Å². The van der Waals surface area contributed by atoms with Crippen molar-refractivity contribution in [3.05, 3.63) is 35.5 Å². The van der Waals surface area contributed by atoms with Gasteiger partial charge < -0.3 is 0 Å². The predicted octanol–water partition coefficient (Wildman–Crippen LogP) is 4.16. The molecule has 0 saturated carbocycles. The summed E-state index contributed by atoms with van der Waals surface area (Å²) in [5.74, 6) is 0. The van der Waals surface area contributed by atoms with Gasteiger partial charge in [-0.25, -0.2) is 0 Å². The van der Waals surface area contributed by atoms with Crippen LogP contribution in [0.5, 0.6) is 0 Å². The smallest absolute Gasteiger partial charge is 0.166 e. The Balaban J connectivity index is 2.97. The van der Waals surface area contributed by atoms with Crippen molar-refractivity contribution in [3.8, 4) is 0 Å². The molecule has 0 radical (unpaired) electrons. The number of hydrogen-bond acceptors (Lipinski definition) is 0. The summed E-state index contributed by atoms with van der Waals surface area (Å²) in [7, 11) is 0. The SMILES string of the molecule is CC1=C/CCC/C=C/C(C(F)(F)F)=C\1. The van der Waals surface area contributed by atoms with E-state index >= 15 is 0 Å². The summed E-state index contributed by atoms with van der Waals surface area (Å²) in [5, 5.41) is 0. The molecule has 0 unspecified atom stereocenters. The van der Waals surface area contributed by atoms with E-state index in [2.05, 4.69) is 0 Å². The van der Waals surface area contributed by atoms with Crippen molar-refractivity contribution in [1.29, 1.82) is 0 Å². The third kappa shape index (κ3) is 3.40. The number of rotatable bonds is 0. The quantitative estimate of drug-likeness (QED) is 0.553. The number of allylic oxidation sites excluding steroid dienone is 6. The molecule has 0 aromatic heterocycles. The minimum Gasteiger partial charge on any atom is -0.166 e. The lowest BCUT2D eigenvalue weighted by atomic mass is 10.1. The maximum absolute atomic E-state index is 12.4. The summed E-state index contributed by atoms with van der Waals surface area (Å²) in [6.45, 7) is 1.70. The zero-order chi connectivity index (χ0) is 10.6. The van der Waals surface area contributed by atoms with Gasteiger partial charge >= 0.3 is 6.18 Å². The summed E-state index contributed by atoms with van der Waals surface area (Å²) in [6.07, 6.45) is 4.02. The topological polar surface area (TPSA) is 0 Å². The zero-order valence-corrected chi connectivity index (χ0v) is 8.06. The lowest BCUT2D eigenvalue weighted by molar-refractivity contribution is -0.0882. The zero-order valence-electron chi connectivity index (χ0n) is 8.06. The van der Waals surface area contributed by atoms with Gasteiger partial charge in [-0.1, -0.05) is 23.8 Å². The first-order chi connectivity index (χ1) is 6.50. The molecule has 3 heteroatoms. The van der Waals surface area contributed by atoms with Crippen molar-refractivity contribution in [2.24, 2.45) is 0 Å². The van der Waals surface area contributed by atoms with Gasteiger partial charge in [-0.05, 0) is 32.3 Å². The second kappa shape index (κ2) is 4.49. The van der Waals surface area contributed by atoms with Gasteiger partial charge in [-0.2, -0.15) is 13.2 Å². The molecule has 0 aliphatic heterocycles. The van der Waals surface area contributed by atoms with Crippen LogP contribution < -0.4 is 0 Å². The van der Waals surface area contributed by atoms with E-state index in [9.17, 15) is 13.2 Å². The molecule has 0 bridgehead atoms. The van der Waals surface area contributed by atoms with Gasteiger partial charge in [-0.15, -0.1) is 0 Å². The van der Waals surface area contributed by atoms with Crippen LogP contribution in [0.2, 0.25) is 0 Å². The first-order valence-corrected chi connectivity index (χ1v) is 4.62. The Hall–Kier alpha value is -0.990. The third-order valence-electron chi connectivity index (χ3n) is 2.05. The molecule has 14 heavy (non-hydrogen) atoms. The first kappa shape index (κ1) is 11.1. The van der Waals surface area contributed by atoms with Crippen LogP contribution in [0.4, 0.5) is 13.2 Å². The Morgan fingerprint density at radius 1 is 1.21 bits per heavy atom. The standard InChI is InChI=1S/C11H13F3/c1-9-6-4-2-3-5-7-10(8-9)11(12,13)14/h5-8H,2-4H2,1H3/b7-5+,9-6-,10-8+. The Bertz CT molecular complexity index is 279. The van der Waals surface area contributed by atoms with Crippen molar-refractivity contribution in [2.45, 2.75) is 32.4 Å². The highest BCUT2D eigenvalue weighted by molar-refractivity contribution is 5.32. The van der Waals surface area contributed by atoms with Crippen LogP contribution in [0.3, 0.4) is 0 Å². The second-order valence-corrected chi connectivity index (χ2v) is 3.38. The van der Waals surface area contributed by atoms with Crippen LogP contribution in [0.15, 0.2) is 35.5 Å². The predicted molar refractivity (Wildman–Crippen MR) is 50.9 cm³/mol. The summed E-state index contributed by atoms with van der Waals surface area (Å²) in [4.78, 5) is 0. The molecule has 0 atom stereocenters. The van der Waals surface area contributed by atoms with Crippen LogP contribution >= 0.6 is 0 Å². The molecule has 0 spiro atoms. The van der Waals surface area contributed by atoms with Crippen LogP contribution in [-0.4, -0.2) is 6.18 Å². The fraction of sp³-hybridized carbons (Fsp3) is 0.455. The van der Waals surface area contributed by atoms with E-state index in [1.54, 1.807) is 13.0 Å². The van der Waals surface area contributed by atoms with Crippen molar-refractivity contribution in [1.82, 2.24) is 0 Å². The summed E-state index contributed by atoms with van der Waals surface area (Å²) < 4.78 is 37.2. The normalized spacial score (nSPS) is 28.9. The van der Waals surface area contributed by atoms with Gasteiger partial charge in [0.25, 0.3) is 0 Å². The molecule has 78 valence electrons. The van der Waals surface area contributed by atoms with Crippen LogP contribution in [0.25, 0.3) is 0 Å². The number of hydrogen-bond donors (Lipinski definition) is 0. The van der Waals surface area contributed by atoms with E-state index in [0.29, 0.717) is 12.0 Å². The molecule has 0 aromatic rings. The van der Waals surface area contributed by atoms with Gasteiger partial charge in [0, 0.05) is 0 Å². The minimum absolute atomic E-state index is 0.562. The maximum Gasteiger partial charge on any atom is 0.416 e.